The number of aromatic nitrogens is 1. The third-order valence-corrected chi connectivity index (χ3v) is 3.61. The van der Waals surface area contributed by atoms with Gasteiger partial charge in [0.05, 0.1) is 5.69 Å². The molecule has 1 amide bonds. The van der Waals surface area contributed by atoms with Gasteiger partial charge in [0.2, 0.25) is 5.91 Å². The van der Waals surface area contributed by atoms with Crippen molar-refractivity contribution in [1.82, 2.24) is 4.98 Å². The predicted octanol–water partition coefficient (Wildman–Crippen LogP) is 4.25. The second kappa shape index (κ2) is 6.48. The Kier molecular flexibility index (Phi) is 4.68. The Bertz CT molecular complexity index is 546. The van der Waals surface area contributed by atoms with Gasteiger partial charge in [0, 0.05) is 17.4 Å². The first-order chi connectivity index (χ1) is 9.19. The lowest BCUT2D eigenvalue weighted by Crippen LogP contribution is -2.10. The zero-order valence-electron chi connectivity index (χ0n) is 11.3. The molecule has 0 saturated carbocycles. The summed E-state index contributed by atoms with van der Waals surface area (Å²) >= 11 is 1.47. The molecule has 0 aliphatic carbocycles. The number of carbonyl (C=O) groups is 1. The third kappa shape index (κ3) is 3.89. The summed E-state index contributed by atoms with van der Waals surface area (Å²) in [5.74, 6) is 0.0478. The van der Waals surface area contributed by atoms with E-state index < -0.39 is 0 Å². The Balaban J connectivity index is 2.02. The lowest BCUT2D eigenvalue weighted by molar-refractivity contribution is -0.116. The maximum absolute atomic E-state index is 11.6. The molecule has 1 aromatic carbocycles. The molecule has 0 radical (unpaired) electrons. The van der Waals surface area contributed by atoms with Gasteiger partial charge in [-0.05, 0) is 13.3 Å². The molecule has 4 heteroatoms. The van der Waals surface area contributed by atoms with Crippen LogP contribution >= 0.6 is 11.3 Å². The summed E-state index contributed by atoms with van der Waals surface area (Å²) in [4.78, 5) is 16.1. The Morgan fingerprint density at radius 1 is 1.32 bits per heavy atom. The first-order valence-electron chi connectivity index (χ1n) is 6.51. The minimum atomic E-state index is 0.0478. The zero-order valence-corrected chi connectivity index (χ0v) is 12.1. The van der Waals surface area contributed by atoms with Crippen molar-refractivity contribution in [3.63, 3.8) is 0 Å². The van der Waals surface area contributed by atoms with E-state index in [1.54, 1.807) is 0 Å². The van der Waals surface area contributed by atoms with Crippen LogP contribution in [0.15, 0.2) is 29.6 Å². The van der Waals surface area contributed by atoms with Crippen molar-refractivity contribution in [3.05, 3.63) is 35.2 Å². The van der Waals surface area contributed by atoms with E-state index in [4.69, 9.17) is 0 Å². The van der Waals surface area contributed by atoms with Crippen molar-refractivity contribution in [2.45, 2.75) is 33.1 Å². The molecular weight excluding hydrogens is 256 g/mol. The highest BCUT2D eigenvalue weighted by molar-refractivity contribution is 7.14. The average molecular weight is 274 g/mol. The van der Waals surface area contributed by atoms with Gasteiger partial charge in [-0.15, -0.1) is 11.3 Å². The molecule has 0 aliphatic heterocycles. The first-order valence-corrected chi connectivity index (χ1v) is 7.39. The summed E-state index contributed by atoms with van der Waals surface area (Å²) in [7, 11) is 0. The van der Waals surface area contributed by atoms with Crippen LogP contribution in [-0.2, 0) is 4.79 Å². The van der Waals surface area contributed by atoms with Gasteiger partial charge in [-0.1, -0.05) is 43.2 Å². The van der Waals surface area contributed by atoms with Crippen molar-refractivity contribution in [2.24, 2.45) is 0 Å². The van der Waals surface area contributed by atoms with Crippen molar-refractivity contribution in [2.75, 3.05) is 5.32 Å². The molecule has 2 rings (SSSR count). The number of rotatable bonds is 5. The Labute approximate surface area is 117 Å². The lowest BCUT2D eigenvalue weighted by Gasteiger charge is -2.00. The van der Waals surface area contributed by atoms with Gasteiger partial charge < -0.3 is 5.32 Å². The molecule has 0 bridgehead atoms. The minimum Gasteiger partial charge on any atom is -0.302 e. The monoisotopic (exact) mass is 274 g/mol. The fourth-order valence-electron chi connectivity index (χ4n) is 1.71. The molecule has 0 unspecified atom stereocenters. The molecule has 100 valence electrons. The molecule has 0 saturated heterocycles. The number of nitrogens with zero attached hydrogens (tertiary/aromatic N) is 1. The summed E-state index contributed by atoms with van der Waals surface area (Å²) in [6, 6.07) is 8.22. The van der Waals surface area contributed by atoms with E-state index in [1.807, 2.05) is 17.5 Å². The van der Waals surface area contributed by atoms with E-state index in [0.717, 1.165) is 24.1 Å². The fourth-order valence-corrected chi connectivity index (χ4v) is 2.44. The lowest BCUT2D eigenvalue weighted by atomic mass is 10.1. The van der Waals surface area contributed by atoms with Crippen LogP contribution in [0.2, 0.25) is 0 Å². The van der Waals surface area contributed by atoms with Crippen LogP contribution in [0.25, 0.3) is 11.3 Å². The summed E-state index contributed by atoms with van der Waals surface area (Å²) in [6.07, 6.45) is 2.51. The number of benzene rings is 1. The number of carbonyl (C=O) groups excluding carboxylic acids is 1. The molecule has 0 aliphatic rings. The molecule has 2 aromatic rings. The second-order valence-electron chi connectivity index (χ2n) is 4.56. The van der Waals surface area contributed by atoms with Crippen LogP contribution in [0.3, 0.4) is 0 Å². The quantitative estimate of drug-likeness (QED) is 0.885. The van der Waals surface area contributed by atoms with Gasteiger partial charge in [0.15, 0.2) is 5.13 Å². The van der Waals surface area contributed by atoms with Crippen LogP contribution in [0.5, 0.6) is 0 Å². The molecular formula is C15H18N2OS. The highest BCUT2D eigenvalue weighted by Crippen LogP contribution is 2.25. The minimum absolute atomic E-state index is 0.0478. The van der Waals surface area contributed by atoms with Crippen LogP contribution in [0.1, 0.15) is 31.7 Å². The number of nitrogens with one attached hydrogen (secondary N) is 1. The van der Waals surface area contributed by atoms with Crippen molar-refractivity contribution in [3.8, 4) is 11.3 Å². The highest BCUT2D eigenvalue weighted by atomic mass is 32.1. The SMILES string of the molecule is CCCCC(=O)Nc1nc(-c2ccc(C)cc2)cs1. The van der Waals surface area contributed by atoms with E-state index in [-0.39, 0.29) is 5.91 Å². The predicted molar refractivity (Wildman–Crippen MR) is 80.4 cm³/mol. The smallest absolute Gasteiger partial charge is 0.226 e. The molecule has 0 atom stereocenters. The number of anilines is 1. The van der Waals surface area contributed by atoms with E-state index >= 15 is 0 Å². The standard InChI is InChI=1S/C15H18N2OS/c1-3-4-5-14(18)17-15-16-13(10-19-15)12-8-6-11(2)7-9-12/h6-10H,3-5H2,1-2H3,(H,16,17,18). The topological polar surface area (TPSA) is 42.0 Å². The number of hydrogen-bond donors (Lipinski definition) is 1. The summed E-state index contributed by atoms with van der Waals surface area (Å²) < 4.78 is 0. The Morgan fingerprint density at radius 3 is 2.74 bits per heavy atom. The maximum atomic E-state index is 11.6. The first kappa shape index (κ1) is 13.7. The van der Waals surface area contributed by atoms with E-state index in [2.05, 4.69) is 36.3 Å². The van der Waals surface area contributed by atoms with Crippen molar-refractivity contribution in [1.29, 1.82) is 0 Å². The molecule has 1 aromatic heterocycles. The van der Waals surface area contributed by atoms with E-state index in [9.17, 15) is 4.79 Å². The van der Waals surface area contributed by atoms with Gasteiger partial charge in [-0.3, -0.25) is 4.79 Å². The van der Waals surface area contributed by atoms with E-state index in [1.165, 1.54) is 16.9 Å². The van der Waals surface area contributed by atoms with Crippen molar-refractivity contribution < 1.29 is 4.79 Å². The Hall–Kier alpha value is -1.68. The van der Waals surface area contributed by atoms with Crippen molar-refractivity contribution >= 4 is 22.4 Å². The largest absolute Gasteiger partial charge is 0.302 e. The number of thiazole rings is 1. The van der Waals surface area contributed by atoms with E-state index in [0.29, 0.717) is 11.6 Å². The number of amides is 1. The normalized spacial score (nSPS) is 10.4. The van der Waals surface area contributed by atoms with Crippen LogP contribution in [-0.4, -0.2) is 10.9 Å². The number of unbranched alkanes of at least 4 members (excludes halogenated alkanes) is 1. The number of hydrogen-bond acceptors (Lipinski definition) is 3. The Morgan fingerprint density at radius 2 is 2.05 bits per heavy atom. The van der Waals surface area contributed by atoms with Gasteiger partial charge in [0.1, 0.15) is 0 Å². The zero-order chi connectivity index (χ0) is 13.7. The molecule has 0 fully saturated rings. The molecule has 0 spiro atoms. The molecule has 1 heterocycles. The maximum Gasteiger partial charge on any atom is 0.226 e. The average Bonchev–Trinajstić information content (AvgIpc) is 2.85. The summed E-state index contributed by atoms with van der Waals surface area (Å²) in [5, 5.41) is 5.50. The molecule has 1 N–H and O–H groups in total. The van der Waals surface area contributed by atoms with Gasteiger partial charge >= 0.3 is 0 Å². The van der Waals surface area contributed by atoms with Gasteiger partial charge in [-0.25, -0.2) is 4.98 Å². The second-order valence-corrected chi connectivity index (χ2v) is 5.41. The fraction of sp³-hybridized carbons (Fsp3) is 0.333. The summed E-state index contributed by atoms with van der Waals surface area (Å²) in [6.45, 7) is 4.14. The molecule has 3 nitrogen and oxygen atoms in total. The summed E-state index contributed by atoms with van der Waals surface area (Å²) in [5.41, 5.74) is 3.22. The molecule has 19 heavy (non-hydrogen) atoms. The van der Waals surface area contributed by atoms with Crippen LogP contribution in [0, 0.1) is 6.92 Å². The van der Waals surface area contributed by atoms with Gasteiger partial charge in [-0.2, -0.15) is 0 Å². The number of aryl methyl sites for hydroxylation is 1. The highest BCUT2D eigenvalue weighted by Gasteiger charge is 2.07. The van der Waals surface area contributed by atoms with Gasteiger partial charge in [0.25, 0.3) is 0 Å². The van der Waals surface area contributed by atoms with Crippen LogP contribution in [0.4, 0.5) is 5.13 Å². The van der Waals surface area contributed by atoms with Crippen LogP contribution < -0.4 is 5.32 Å². The third-order valence-electron chi connectivity index (χ3n) is 2.86.